The standard InChI is InChI=1S/C19H20N2O5/c1-12(19(24)21-15-7-5-14(6-8-15)18(20)23)26-17(22)11-13-3-9-16(25-2)10-4-13/h3-10,12H,11H2,1-2H3,(H2,20,23)(H,21,24). The lowest BCUT2D eigenvalue weighted by Gasteiger charge is -2.14. The predicted molar refractivity (Wildman–Crippen MR) is 95.8 cm³/mol. The smallest absolute Gasteiger partial charge is 0.311 e. The topological polar surface area (TPSA) is 108 Å². The summed E-state index contributed by atoms with van der Waals surface area (Å²) in [6.45, 7) is 1.49. The van der Waals surface area contributed by atoms with Gasteiger partial charge in [0.25, 0.3) is 5.91 Å². The van der Waals surface area contributed by atoms with Crippen LogP contribution in [0.2, 0.25) is 0 Å². The van der Waals surface area contributed by atoms with Crippen molar-refractivity contribution in [2.24, 2.45) is 5.73 Å². The maximum Gasteiger partial charge on any atom is 0.311 e. The van der Waals surface area contributed by atoms with Crippen molar-refractivity contribution < 1.29 is 23.9 Å². The van der Waals surface area contributed by atoms with Crippen LogP contribution in [0.15, 0.2) is 48.5 Å². The summed E-state index contributed by atoms with van der Waals surface area (Å²) in [5.41, 5.74) is 6.72. The minimum atomic E-state index is -0.962. The van der Waals surface area contributed by atoms with Crippen LogP contribution >= 0.6 is 0 Å². The number of hydrogen-bond donors (Lipinski definition) is 2. The molecule has 0 radical (unpaired) electrons. The number of benzene rings is 2. The number of esters is 1. The summed E-state index contributed by atoms with van der Waals surface area (Å²) in [6, 6.07) is 13.1. The van der Waals surface area contributed by atoms with E-state index in [-0.39, 0.29) is 6.42 Å². The Kier molecular flexibility index (Phi) is 6.32. The summed E-state index contributed by atoms with van der Waals surface area (Å²) < 4.78 is 10.2. The van der Waals surface area contributed by atoms with Crippen LogP contribution < -0.4 is 15.8 Å². The van der Waals surface area contributed by atoms with Gasteiger partial charge in [0.1, 0.15) is 5.75 Å². The number of methoxy groups -OCH3 is 1. The Labute approximate surface area is 151 Å². The number of carbonyl (C=O) groups is 3. The van der Waals surface area contributed by atoms with Gasteiger partial charge >= 0.3 is 5.97 Å². The molecular formula is C19H20N2O5. The van der Waals surface area contributed by atoms with Crippen molar-refractivity contribution >= 4 is 23.5 Å². The molecule has 2 aromatic rings. The quantitative estimate of drug-likeness (QED) is 0.737. The molecule has 0 aliphatic carbocycles. The van der Waals surface area contributed by atoms with Crippen LogP contribution in [0.1, 0.15) is 22.8 Å². The highest BCUT2D eigenvalue weighted by atomic mass is 16.5. The van der Waals surface area contributed by atoms with Gasteiger partial charge in [-0.1, -0.05) is 12.1 Å². The lowest BCUT2D eigenvalue weighted by Crippen LogP contribution is -2.30. The van der Waals surface area contributed by atoms with Crippen molar-refractivity contribution in [3.63, 3.8) is 0 Å². The average molecular weight is 356 g/mol. The molecule has 7 heteroatoms. The van der Waals surface area contributed by atoms with Crippen LogP contribution in [-0.4, -0.2) is 31.0 Å². The Morgan fingerprint density at radius 3 is 2.19 bits per heavy atom. The van der Waals surface area contributed by atoms with Crippen molar-refractivity contribution in [2.45, 2.75) is 19.4 Å². The second kappa shape index (κ2) is 8.66. The summed E-state index contributed by atoms with van der Waals surface area (Å²) in [7, 11) is 1.56. The number of hydrogen-bond acceptors (Lipinski definition) is 5. The van der Waals surface area contributed by atoms with E-state index in [1.807, 2.05) is 0 Å². The number of nitrogens with one attached hydrogen (secondary N) is 1. The van der Waals surface area contributed by atoms with Crippen molar-refractivity contribution in [3.8, 4) is 5.75 Å². The third-order valence-corrected chi connectivity index (χ3v) is 3.62. The number of anilines is 1. The summed E-state index contributed by atoms with van der Waals surface area (Å²) in [6.07, 6.45) is -0.911. The molecule has 2 aromatic carbocycles. The predicted octanol–water partition coefficient (Wildman–Crippen LogP) is 1.91. The van der Waals surface area contributed by atoms with E-state index in [2.05, 4.69) is 5.32 Å². The Morgan fingerprint density at radius 1 is 1.04 bits per heavy atom. The highest BCUT2D eigenvalue weighted by molar-refractivity contribution is 5.96. The lowest BCUT2D eigenvalue weighted by molar-refractivity contribution is -0.152. The van der Waals surface area contributed by atoms with E-state index < -0.39 is 23.9 Å². The number of amides is 2. The van der Waals surface area contributed by atoms with E-state index in [9.17, 15) is 14.4 Å². The Balaban J connectivity index is 1.86. The molecule has 0 heterocycles. The van der Waals surface area contributed by atoms with Crippen molar-refractivity contribution in [1.29, 1.82) is 0 Å². The fourth-order valence-corrected chi connectivity index (χ4v) is 2.16. The molecule has 0 saturated heterocycles. The van der Waals surface area contributed by atoms with Crippen LogP contribution in [-0.2, 0) is 20.7 Å². The maximum absolute atomic E-state index is 12.1. The number of ether oxygens (including phenoxy) is 2. The monoisotopic (exact) mass is 356 g/mol. The fourth-order valence-electron chi connectivity index (χ4n) is 2.16. The molecule has 0 bridgehead atoms. The SMILES string of the molecule is COc1ccc(CC(=O)OC(C)C(=O)Nc2ccc(C(N)=O)cc2)cc1. The van der Waals surface area contributed by atoms with E-state index in [0.29, 0.717) is 17.0 Å². The largest absolute Gasteiger partial charge is 0.497 e. The van der Waals surface area contributed by atoms with Gasteiger partial charge in [-0.25, -0.2) is 0 Å². The molecule has 2 amide bonds. The molecule has 26 heavy (non-hydrogen) atoms. The van der Waals surface area contributed by atoms with Gasteiger partial charge in [0.2, 0.25) is 5.91 Å². The van der Waals surface area contributed by atoms with Gasteiger partial charge in [0.05, 0.1) is 13.5 Å². The minimum Gasteiger partial charge on any atom is -0.497 e. The van der Waals surface area contributed by atoms with Crippen LogP contribution in [0.5, 0.6) is 5.75 Å². The Hall–Kier alpha value is -3.35. The third-order valence-electron chi connectivity index (χ3n) is 3.62. The summed E-state index contributed by atoms with van der Waals surface area (Å²) >= 11 is 0. The molecule has 0 spiro atoms. The first-order valence-electron chi connectivity index (χ1n) is 7.92. The Morgan fingerprint density at radius 2 is 1.65 bits per heavy atom. The molecule has 0 aliphatic rings. The normalized spacial score (nSPS) is 11.3. The van der Waals surface area contributed by atoms with E-state index >= 15 is 0 Å². The molecule has 2 rings (SSSR count). The zero-order chi connectivity index (χ0) is 19.1. The van der Waals surface area contributed by atoms with Gasteiger partial charge in [-0.15, -0.1) is 0 Å². The molecule has 0 aliphatic heterocycles. The maximum atomic E-state index is 12.1. The highest BCUT2D eigenvalue weighted by Gasteiger charge is 2.18. The van der Waals surface area contributed by atoms with Gasteiger partial charge in [-0.2, -0.15) is 0 Å². The zero-order valence-corrected chi connectivity index (χ0v) is 14.5. The van der Waals surface area contributed by atoms with Gasteiger partial charge in [0.15, 0.2) is 6.10 Å². The lowest BCUT2D eigenvalue weighted by atomic mass is 10.1. The third kappa shape index (κ3) is 5.34. The molecule has 1 atom stereocenters. The summed E-state index contributed by atoms with van der Waals surface area (Å²) in [4.78, 5) is 35.1. The first-order valence-corrected chi connectivity index (χ1v) is 7.92. The Bertz CT molecular complexity index is 785. The van der Waals surface area contributed by atoms with Crippen LogP contribution in [0, 0.1) is 0 Å². The van der Waals surface area contributed by atoms with Crippen molar-refractivity contribution in [2.75, 3.05) is 12.4 Å². The first-order chi connectivity index (χ1) is 12.4. The molecule has 136 valence electrons. The molecule has 0 saturated carbocycles. The second-order valence-electron chi connectivity index (χ2n) is 5.59. The van der Waals surface area contributed by atoms with Gasteiger partial charge in [-0.05, 0) is 48.9 Å². The molecule has 7 nitrogen and oxygen atoms in total. The second-order valence-corrected chi connectivity index (χ2v) is 5.59. The van der Waals surface area contributed by atoms with E-state index in [4.69, 9.17) is 15.2 Å². The van der Waals surface area contributed by atoms with E-state index in [1.54, 1.807) is 43.5 Å². The van der Waals surface area contributed by atoms with Gasteiger partial charge in [0, 0.05) is 11.3 Å². The highest BCUT2D eigenvalue weighted by Crippen LogP contribution is 2.13. The fraction of sp³-hybridized carbons (Fsp3) is 0.211. The van der Waals surface area contributed by atoms with Gasteiger partial charge < -0.3 is 20.5 Å². The molecule has 3 N–H and O–H groups in total. The number of carbonyl (C=O) groups excluding carboxylic acids is 3. The molecule has 0 aromatic heterocycles. The molecule has 0 fully saturated rings. The average Bonchev–Trinajstić information content (AvgIpc) is 2.62. The van der Waals surface area contributed by atoms with Gasteiger partial charge in [-0.3, -0.25) is 14.4 Å². The number of nitrogens with two attached hydrogens (primary N) is 1. The minimum absolute atomic E-state index is 0.0505. The van der Waals surface area contributed by atoms with Crippen LogP contribution in [0.25, 0.3) is 0 Å². The van der Waals surface area contributed by atoms with Crippen molar-refractivity contribution in [1.82, 2.24) is 0 Å². The number of primary amides is 1. The number of rotatable bonds is 7. The zero-order valence-electron chi connectivity index (χ0n) is 14.5. The van der Waals surface area contributed by atoms with E-state index in [1.165, 1.54) is 19.1 Å². The summed E-state index contributed by atoms with van der Waals surface area (Å²) in [5.74, 6) is -0.845. The van der Waals surface area contributed by atoms with Crippen molar-refractivity contribution in [3.05, 3.63) is 59.7 Å². The van der Waals surface area contributed by atoms with Crippen LogP contribution in [0.3, 0.4) is 0 Å². The van der Waals surface area contributed by atoms with Crippen LogP contribution in [0.4, 0.5) is 5.69 Å². The molecular weight excluding hydrogens is 336 g/mol. The van der Waals surface area contributed by atoms with E-state index in [0.717, 1.165) is 5.56 Å². The first kappa shape index (κ1) is 19.0. The summed E-state index contributed by atoms with van der Waals surface area (Å²) in [5, 5.41) is 2.61. The molecule has 1 unspecified atom stereocenters.